The predicted molar refractivity (Wildman–Crippen MR) is 118 cm³/mol. The molecule has 0 fully saturated rings. The van der Waals surface area contributed by atoms with Crippen LogP contribution in [0.1, 0.15) is 16.2 Å². The van der Waals surface area contributed by atoms with Gasteiger partial charge < -0.3 is 16.4 Å². The number of amides is 3. The van der Waals surface area contributed by atoms with Gasteiger partial charge in [-0.2, -0.15) is 0 Å². The number of para-hydroxylation sites is 1. The van der Waals surface area contributed by atoms with Gasteiger partial charge in [0.15, 0.2) is 5.82 Å². The monoisotopic (exact) mass is 412 g/mol. The molecular formula is C23H20N6O2. The lowest BCUT2D eigenvalue weighted by molar-refractivity contribution is 0.0940. The highest BCUT2D eigenvalue weighted by Gasteiger charge is 2.18. The van der Waals surface area contributed by atoms with E-state index in [9.17, 15) is 9.59 Å². The van der Waals surface area contributed by atoms with Gasteiger partial charge >= 0.3 is 6.03 Å². The lowest BCUT2D eigenvalue weighted by Crippen LogP contribution is -2.24. The maximum Gasteiger partial charge on any atom is 0.316 e. The first kappa shape index (κ1) is 19.8. The Morgan fingerprint density at radius 2 is 1.52 bits per heavy atom. The zero-order chi connectivity index (χ0) is 21.6. The molecule has 1 aromatic heterocycles. The van der Waals surface area contributed by atoms with E-state index in [0.29, 0.717) is 11.5 Å². The minimum absolute atomic E-state index is 0.0784. The van der Waals surface area contributed by atoms with E-state index in [0.717, 1.165) is 16.8 Å². The zero-order valence-electron chi connectivity index (χ0n) is 16.5. The van der Waals surface area contributed by atoms with Gasteiger partial charge in [-0.25, -0.2) is 14.5 Å². The molecule has 3 amide bonds. The van der Waals surface area contributed by atoms with Crippen molar-refractivity contribution < 1.29 is 9.59 Å². The summed E-state index contributed by atoms with van der Waals surface area (Å²) in [6, 6.07) is 25.5. The number of benzene rings is 3. The third-order valence-electron chi connectivity index (χ3n) is 4.52. The fourth-order valence-corrected chi connectivity index (χ4v) is 3.04. The van der Waals surface area contributed by atoms with Gasteiger partial charge in [-0.1, -0.05) is 60.7 Å². The van der Waals surface area contributed by atoms with Crippen molar-refractivity contribution in [1.82, 2.24) is 20.1 Å². The van der Waals surface area contributed by atoms with E-state index >= 15 is 0 Å². The molecule has 0 bridgehead atoms. The number of carbonyl (C=O) groups is 2. The van der Waals surface area contributed by atoms with Crippen molar-refractivity contribution in [3.8, 4) is 17.1 Å². The number of aromatic nitrogens is 3. The van der Waals surface area contributed by atoms with Gasteiger partial charge in [-0.05, 0) is 29.8 Å². The molecule has 0 saturated heterocycles. The summed E-state index contributed by atoms with van der Waals surface area (Å²) in [5, 5.41) is 9.77. The number of nitrogens with two attached hydrogens (primary N) is 1. The number of hydrogen-bond acceptors (Lipinski definition) is 4. The molecule has 0 spiro atoms. The van der Waals surface area contributed by atoms with Gasteiger partial charge in [0.2, 0.25) is 5.82 Å². The second-order valence-corrected chi connectivity index (χ2v) is 6.74. The number of nitrogens with one attached hydrogen (secondary N) is 2. The van der Waals surface area contributed by atoms with Crippen LogP contribution in [0.2, 0.25) is 0 Å². The molecule has 0 aliphatic heterocycles. The highest BCUT2D eigenvalue weighted by Crippen LogP contribution is 2.21. The summed E-state index contributed by atoms with van der Waals surface area (Å²) in [6.07, 6.45) is 0. The SMILES string of the molecule is NC(=O)Nc1ccc(CNC(=O)c2nc(-c3ccccc3)n(-c3ccccc3)n2)cc1. The third-order valence-corrected chi connectivity index (χ3v) is 4.52. The van der Waals surface area contributed by atoms with Gasteiger partial charge in [0.05, 0.1) is 5.69 Å². The summed E-state index contributed by atoms with van der Waals surface area (Å²) >= 11 is 0. The summed E-state index contributed by atoms with van der Waals surface area (Å²) in [7, 11) is 0. The average Bonchev–Trinajstić information content (AvgIpc) is 3.25. The summed E-state index contributed by atoms with van der Waals surface area (Å²) in [5.74, 6) is 0.278. The molecule has 154 valence electrons. The third kappa shape index (κ3) is 4.76. The largest absolute Gasteiger partial charge is 0.351 e. The number of rotatable bonds is 6. The molecule has 4 N–H and O–H groups in total. The fraction of sp³-hybridized carbons (Fsp3) is 0.0435. The van der Waals surface area contributed by atoms with E-state index in [1.165, 1.54) is 0 Å². The Morgan fingerprint density at radius 3 is 2.16 bits per heavy atom. The summed E-state index contributed by atoms with van der Waals surface area (Å²) in [4.78, 5) is 28.1. The molecule has 3 aromatic carbocycles. The Kier molecular flexibility index (Phi) is 5.70. The van der Waals surface area contributed by atoms with E-state index in [1.807, 2.05) is 60.7 Å². The molecule has 31 heavy (non-hydrogen) atoms. The molecule has 4 aromatic rings. The quantitative estimate of drug-likeness (QED) is 0.450. The molecule has 1 heterocycles. The highest BCUT2D eigenvalue weighted by molar-refractivity contribution is 5.91. The Labute approximate surface area is 178 Å². The maximum absolute atomic E-state index is 12.7. The van der Waals surface area contributed by atoms with Crippen molar-refractivity contribution in [1.29, 1.82) is 0 Å². The van der Waals surface area contributed by atoms with Crippen LogP contribution < -0.4 is 16.4 Å². The van der Waals surface area contributed by atoms with Crippen molar-refractivity contribution in [3.63, 3.8) is 0 Å². The molecule has 8 nitrogen and oxygen atoms in total. The van der Waals surface area contributed by atoms with Crippen LogP contribution in [0.15, 0.2) is 84.9 Å². The normalized spacial score (nSPS) is 10.5. The topological polar surface area (TPSA) is 115 Å². The van der Waals surface area contributed by atoms with Crippen LogP contribution in [0, 0.1) is 0 Å². The maximum atomic E-state index is 12.7. The van der Waals surface area contributed by atoms with Gasteiger partial charge in [0.1, 0.15) is 0 Å². The van der Waals surface area contributed by atoms with Crippen LogP contribution in [0.3, 0.4) is 0 Å². The van der Waals surface area contributed by atoms with E-state index in [-0.39, 0.29) is 18.3 Å². The molecule has 0 aliphatic carbocycles. The number of urea groups is 1. The van der Waals surface area contributed by atoms with Crippen LogP contribution in [0.4, 0.5) is 10.5 Å². The number of carbonyl (C=O) groups excluding carboxylic acids is 2. The van der Waals surface area contributed by atoms with Crippen molar-refractivity contribution >= 4 is 17.6 Å². The molecule has 0 radical (unpaired) electrons. The van der Waals surface area contributed by atoms with Gasteiger partial charge in [-0.15, -0.1) is 5.10 Å². The lowest BCUT2D eigenvalue weighted by Gasteiger charge is -2.05. The first-order valence-corrected chi connectivity index (χ1v) is 9.61. The number of nitrogens with zero attached hydrogens (tertiary/aromatic N) is 3. The standard InChI is InChI=1S/C23H20N6O2/c24-23(31)26-18-13-11-16(12-14-18)15-25-22(30)20-27-21(17-7-3-1-4-8-17)29(28-20)19-9-5-2-6-10-19/h1-14H,15H2,(H,25,30)(H3,24,26,31). The van der Waals surface area contributed by atoms with Crippen molar-refractivity contribution in [2.45, 2.75) is 6.54 Å². The van der Waals surface area contributed by atoms with Crippen LogP contribution in [-0.2, 0) is 6.54 Å². The molecule has 8 heteroatoms. The van der Waals surface area contributed by atoms with E-state index in [2.05, 4.69) is 20.7 Å². The minimum Gasteiger partial charge on any atom is -0.351 e. The van der Waals surface area contributed by atoms with Gasteiger partial charge in [0.25, 0.3) is 5.91 Å². The first-order chi connectivity index (χ1) is 15.1. The second-order valence-electron chi connectivity index (χ2n) is 6.74. The predicted octanol–water partition coefficient (Wildman–Crippen LogP) is 3.35. The van der Waals surface area contributed by atoms with Crippen molar-refractivity contribution in [3.05, 3.63) is 96.3 Å². The molecular weight excluding hydrogens is 392 g/mol. The molecule has 0 aliphatic rings. The summed E-state index contributed by atoms with van der Waals surface area (Å²) < 4.78 is 1.66. The molecule has 0 unspecified atom stereocenters. The molecule has 0 atom stereocenters. The van der Waals surface area contributed by atoms with Crippen LogP contribution in [0.25, 0.3) is 17.1 Å². The zero-order valence-corrected chi connectivity index (χ0v) is 16.5. The van der Waals surface area contributed by atoms with Crippen LogP contribution >= 0.6 is 0 Å². The smallest absolute Gasteiger partial charge is 0.316 e. The van der Waals surface area contributed by atoms with Crippen LogP contribution in [-0.4, -0.2) is 26.7 Å². The van der Waals surface area contributed by atoms with E-state index < -0.39 is 6.03 Å². The van der Waals surface area contributed by atoms with Crippen molar-refractivity contribution in [2.75, 3.05) is 5.32 Å². The fourth-order valence-electron chi connectivity index (χ4n) is 3.04. The lowest BCUT2D eigenvalue weighted by atomic mass is 10.2. The Hall–Kier alpha value is -4.46. The summed E-state index contributed by atoms with van der Waals surface area (Å²) in [5.41, 5.74) is 8.21. The van der Waals surface area contributed by atoms with E-state index in [1.54, 1.807) is 28.9 Å². The Balaban J connectivity index is 1.54. The van der Waals surface area contributed by atoms with Gasteiger partial charge in [-0.3, -0.25) is 4.79 Å². The number of anilines is 1. The number of primary amides is 1. The highest BCUT2D eigenvalue weighted by atomic mass is 16.2. The van der Waals surface area contributed by atoms with E-state index in [4.69, 9.17) is 5.73 Å². The summed E-state index contributed by atoms with van der Waals surface area (Å²) in [6.45, 7) is 0.288. The average molecular weight is 412 g/mol. The first-order valence-electron chi connectivity index (χ1n) is 9.61. The van der Waals surface area contributed by atoms with Gasteiger partial charge in [0, 0.05) is 17.8 Å². The molecule has 4 rings (SSSR count). The minimum atomic E-state index is -0.629. The van der Waals surface area contributed by atoms with Crippen molar-refractivity contribution in [2.24, 2.45) is 5.73 Å². The Bertz CT molecular complexity index is 1130. The second kappa shape index (κ2) is 8.91. The van der Waals surface area contributed by atoms with Crippen LogP contribution in [0.5, 0.6) is 0 Å². The Morgan fingerprint density at radius 1 is 0.871 bits per heavy atom. The molecule has 0 saturated carbocycles. The number of hydrogen-bond donors (Lipinski definition) is 3.